The minimum atomic E-state index is 0.0918. The molecule has 5 aromatic rings. The fraction of sp³-hybridized carbons (Fsp3) is 0.353. The van der Waals surface area contributed by atoms with Crippen molar-refractivity contribution in [2.75, 3.05) is 0 Å². The van der Waals surface area contributed by atoms with Crippen molar-refractivity contribution in [2.45, 2.75) is 61.3 Å². The summed E-state index contributed by atoms with van der Waals surface area (Å²) in [6.45, 7) is 16.0. The normalized spacial score (nSPS) is 13.3. The zero-order valence-corrected chi connectivity index (χ0v) is 23.4. The van der Waals surface area contributed by atoms with E-state index in [0.717, 1.165) is 29.9 Å². The highest BCUT2D eigenvalue weighted by Crippen LogP contribution is 2.52. The standard InChI is InChI=1S/C34H37N2O/c1-20-22-13-10-15-35-30(22)26(19-34(5,6)7)32-28(20)31-29-24(14-16-36(31)8)23-12-9-11-21(18-33(2,3)4)25(23)17-27(29)37-32/h9-17H,18-19H2,1-8H3/q+1. The fourth-order valence-corrected chi connectivity index (χ4v) is 6.16. The Morgan fingerprint density at radius 1 is 0.838 bits per heavy atom. The molecule has 3 nitrogen and oxygen atoms in total. The van der Waals surface area contributed by atoms with Gasteiger partial charge in [-0.05, 0) is 64.6 Å². The van der Waals surface area contributed by atoms with Crippen LogP contribution in [-0.2, 0) is 19.9 Å². The van der Waals surface area contributed by atoms with E-state index in [1.165, 1.54) is 54.9 Å². The lowest BCUT2D eigenvalue weighted by Crippen LogP contribution is -2.32. The van der Waals surface area contributed by atoms with Gasteiger partial charge in [0.05, 0.1) is 16.5 Å². The molecule has 0 unspecified atom stereocenters. The molecule has 0 aliphatic carbocycles. The quantitative estimate of drug-likeness (QED) is 0.180. The van der Waals surface area contributed by atoms with Gasteiger partial charge in [-0.15, -0.1) is 0 Å². The molecule has 0 saturated carbocycles. The molecule has 1 aliphatic heterocycles. The number of hydrogen-bond acceptors (Lipinski definition) is 2. The third-order valence-corrected chi connectivity index (χ3v) is 7.58. The summed E-state index contributed by atoms with van der Waals surface area (Å²) in [5, 5.41) is 6.24. The second-order valence-corrected chi connectivity index (χ2v) is 13.2. The van der Waals surface area contributed by atoms with Crippen molar-refractivity contribution in [1.82, 2.24) is 4.98 Å². The Morgan fingerprint density at radius 3 is 2.30 bits per heavy atom. The Bertz CT molecular complexity index is 1730. The van der Waals surface area contributed by atoms with Crippen molar-refractivity contribution in [3.05, 3.63) is 71.5 Å². The first kappa shape index (κ1) is 23.9. The van der Waals surface area contributed by atoms with Crippen LogP contribution in [0.2, 0.25) is 0 Å². The largest absolute Gasteiger partial charge is 0.455 e. The third-order valence-electron chi connectivity index (χ3n) is 7.58. The van der Waals surface area contributed by atoms with Crippen LogP contribution in [-0.4, -0.2) is 4.98 Å². The van der Waals surface area contributed by atoms with Gasteiger partial charge >= 0.3 is 0 Å². The topological polar surface area (TPSA) is 26.0 Å². The minimum Gasteiger partial charge on any atom is -0.455 e. The van der Waals surface area contributed by atoms with Crippen LogP contribution in [0.4, 0.5) is 0 Å². The average Bonchev–Trinajstić information content (AvgIpc) is 2.82. The first-order chi connectivity index (χ1) is 17.4. The molecule has 0 atom stereocenters. The summed E-state index contributed by atoms with van der Waals surface area (Å²) in [5.74, 6) is 1.93. The van der Waals surface area contributed by atoms with Gasteiger partial charge in [0.25, 0.3) is 0 Å². The van der Waals surface area contributed by atoms with Gasteiger partial charge in [0.15, 0.2) is 6.20 Å². The van der Waals surface area contributed by atoms with E-state index < -0.39 is 0 Å². The number of rotatable bonds is 2. The number of aryl methyl sites for hydroxylation is 2. The Kier molecular flexibility index (Phi) is 5.18. The van der Waals surface area contributed by atoms with Crippen LogP contribution in [0, 0.1) is 17.8 Å². The predicted molar refractivity (Wildman–Crippen MR) is 154 cm³/mol. The van der Waals surface area contributed by atoms with Crippen molar-refractivity contribution >= 4 is 32.4 Å². The van der Waals surface area contributed by atoms with Gasteiger partial charge in [-0.3, -0.25) is 4.98 Å². The van der Waals surface area contributed by atoms with E-state index >= 15 is 0 Å². The number of hydrogen-bond donors (Lipinski definition) is 0. The lowest BCUT2D eigenvalue weighted by Gasteiger charge is -2.28. The molecular formula is C34H37N2O+. The van der Waals surface area contributed by atoms with Gasteiger partial charge in [-0.25, -0.2) is 4.57 Å². The van der Waals surface area contributed by atoms with Crippen LogP contribution < -0.4 is 9.30 Å². The molecule has 0 saturated heterocycles. The zero-order chi connectivity index (χ0) is 26.3. The second-order valence-electron chi connectivity index (χ2n) is 13.2. The lowest BCUT2D eigenvalue weighted by atomic mass is 9.82. The van der Waals surface area contributed by atoms with E-state index in [1.54, 1.807) is 0 Å². The van der Waals surface area contributed by atoms with Gasteiger partial charge in [0.2, 0.25) is 5.69 Å². The highest BCUT2D eigenvalue weighted by Gasteiger charge is 2.35. The van der Waals surface area contributed by atoms with Crippen molar-refractivity contribution in [3.8, 4) is 22.8 Å². The molecule has 37 heavy (non-hydrogen) atoms. The maximum absolute atomic E-state index is 7.01. The minimum absolute atomic E-state index is 0.0918. The Labute approximate surface area is 220 Å². The van der Waals surface area contributed by atoms with Crippen LogP contribution in [0.5, 0.6) is 11.5 Å². The van der Waals surface area contributed by atoms with E-state index in [1.807, 2.05) is 12.3 Å². The summed E-state index contributed by atoms with van der Waals surface area (Å²) >= 11 is 0. The van der Waals surface area contributed by atoms with Gasteiger partial charge in [-0.2, -0.15) is 0 Å². The smallest absolute Gasteiger partial charge is 0.228 e. The number of fused-ring (bicyclic) bond motifs is 5. The lowest BCUT2D eigenvalue weighted by molar-refractivity contribution is -0.659. The molecular weight excluding hydrogens is 452 g/mol. The van der Waals surface area contributed by atoms with Crippen molar-refractivity contribution in [2.24, 2.45) is 17.9 Å². The summed E-state index contributed by atoms with van der Waals surface area (Å²) in [4.78, 5) is 4.88. The van der Waals surface area contributed by atoms with Gasteiger partial charge in [0, 0.05) is 28.6 Å². The predicted octanol–water partition coefficient (Wildman–Crippen LogP) is 8.62. The number of aromatic nitrogens is 2. The van der Waals surface area contributed by atoms with E-state index in [2.05, 4.69) is 103 Å². The van der Waals surface area contributed by atoms with E-state index in [-0.39, 0.29) is 10.8 Å². The van der Waals surface area contributed by atoms with Crippen LogP contribution in [0.25, 0.3) is 43.7 Å². The molecule has 6 rings (SSSR count). The average molecular weight is 490 g/mol. The highest BCUT2D eigenvalue weighted by molar-refractivity contribution is 6.16. The zero-order valence-electron chi connectivity index (χ0n) is 23.4. The molecule has 3 heterocycles. The molecule has 2 aromatic heterocycles. The summed E-state index contributed by atoms with van der Waals surface area (Å²) in [6, 6.07) is 15.6. The Morgan fingerprint density at radius 2 is 1.57 bits per heavy atom. The number of benzene rings is 3. The highest BCUT2D eigenvalue weighted by atomic mass is 16.5. The van der Waals surface area contributed by atoms with Crippen LogP contribution in [0.3, 0.4) is 0 Å². The van der Waals surface area contributed by atoms with Crippen molar-refractivity contribution in [3.63, 3.8) is 0 Å². The molecule has 3 heteroatoms. The Balaban J connectivity index is 1.76. The van der Waals surface area contributed by atoms with Gasteiger partial charge in [-0.1, -0.05) is 65.8 Å². The monoisotopic (exact) mass is 489 g/mol. The summed E-state index contributed by atoms with van der Waals surface area (Å²) in [6.07, 6.45) is 6.02. The molecule has 3 aromatic carbocycles. The number of nitrogens with zero attached hydrogens (tertiary/aromatic N) is 2. The van der Waals surface area contributed by atoms with Gasteiger partial charge in [0.1, 0.15) is 18.5 Å². The molecule has 1 aliphatic rings. The maximum atomic E-state index is 7.01. The summed E-state index contributed by atoms with van der Waals surface area (Å²) in [7, 11) is 2.16. The maximum Gasteiger partial charge on any atom is 0.228 e. The van der Waals surface area contributed by atoms with Crippen LogP contribution in [0.15, 0.2) is 54.9 Å². The van der Waals surface area contributed by atoms with Crippen LogP contribution >= 0.6 is 0 Å². The fourth-order valence-electron chi connectivity index (χ4n) is 6.16. The second kappa shape index (κ2) is 8.02. The van der Waals surface area contributed by atoms with Crippen molar-refractivity contribution in [1.29, 1.82) is 0 Å². The first-order valence-corrected chi connectivity index (χ1v) is 13.4. The van der Waals surface area contributed by atoms with E-state index in [9.17, 15) is 0 Å². The van der Waals surface area contributed by atoms with Gasteiger partial charge < -0.3 is 4.74 Å². The summed E-state index contributed by atoms with van der Waals surface area (Å²) < 4.78 is 9.28. The molecule has 0 amide bonds. The summed E-state index contributed by atoms with van der Waals surface area (Å²) in [5.41, 5.74) is 7.58. The van der Waals surface area contributed by atoms with E-state index in [0.29, 0.717) is 0 Å². The molecule has 0 spiro atoms. The van der Waals surface area contributed by atoms with E-state index in [4.69, 9.17) is 9.72 Å². The Hall–Kier alpha value is -3.46. The number of ether oxygens (including phenoxy) is 1. The molecule has 0 fully saturated rings. The molecule has 0 bridgehead atoms. The van der Waals surface area contributed by atoms with Crippen molar-refractivity contribution < 1.29 is 9.30 Å². The molecule has 188 valence electrons. The number of pyridine rings is 2. The molecule has 0 N–H and O–H groups in total. The van der Waals surface area contributed by atoms with Crippen LogP contribution in [0.1, 0.15) is 58.2 Å². The SMILES string of the molecule is Cc1c2c(c(CC(C)(C)C)c3ncccc13)Oc1cc3c(CC(C)(C)C)cccc3c3cc[n+](C)c-2c13. The first-order valence-electron chi connectivity index (χ1n) is 13.4. The third kappa shape index (κ3) is 3.87. The molecule has 0 radical (unpaired) electrons.